The first-order chi connectivity index (χ1) is 12.5. The Kier molecular flexibility index (Phi) is 5.61. The van der Waals surface area contributed by atoms with Gasteiger partial charge in [0.25, 0.3) is 0 Å². The summed E-state index contributed by atoms with van der Waals surface area (Å²) in [7, 11) is -2.12. The summed E-state index contributed by atoms with van der Waals surface area (Å²) in [5.74, 6) is 0.699. The average Bonchev–Trinajstić information content (AvgIpc) is 2.67. The molecule has 1 N–H and O–H groups in total. The number of methoxy groups -OCH3 is 1. The SMILES string of the molecule is COc1ccc(C(NS(=O)(=O)c2ccccc2)c2cccc(Cl)c2)cc1. The zero-order chi connectivity index (χ0) is 18.6. The second-order valence-electron chi connectivity index (χ2n) is 5.70. The van der Waals surface area contributed by atoms with E-state index in [1.165, 1.54) is 0 Å². The lowest BCUT2D eigenvalue weighted by Crippen LogP contribution is -2.29. The third kappa shape index (κ3) is 4.25. The molecule has 0 aliphatic heterocycles. The lowest BCUT2D eigenvalue weighted by Gasteiger charge is -2.20. The molecule has 0 aromatic heterocycles. The van der Waals surface area contributed by atoms with E-state index in [1.807, 2.05) is 18.2 Å². The van der Waals surface area contributed by atoms with Gasteiger partial charge in [0, 0.05) is 5.02 Å². The maximum Gasteiger partial charge on any atom is 0.241 e. The van der Waals surface area contributed by atoms with Gasteiger partial charge in [0.15, 0.2) is 0 Å². The molecule has 0 bridgehead atoms. The molecule has 6 heteroatoms. The highest BCUT2D eigenvalue weighted by molar-refractivity contribution is 7.89. The number of ether oxygens (including phenoxy) is 1. The van der Waals surface area contributed by atoms with Crippen LogP contribution in [0.2, 0.25) is 5.02 Å². The number of hydrogen-bond acceptors (Lipinski definition) is 3. The van der Waals surface area contributed by atoms with Gasteiger partial charge in [0.05, 0.1) is 18.0 Å². The van der Waals surface area contributed by atoms with E-state index in [1.54, 1.807) is 67.8 Å². The van der Waals surface area contributed by atoms with Gasteiger partial charge in [-0.3, -0.25) is 0 Å². The lowest BCUT2D eigenvalue weighted by molar-refractivity contribution is 0.414. The molecule has 0 radical (unpaired) electrons. The Morgan fingerprint density at radius 3 is 2.19 bits per heavy atom. The van der Waals surface area contributed by atoms with Crippen LogP contribution >= 0.6 is 11.6 Å². The van der Waals surface area contributed by atoms with Crippen LogP contribution in [0.1, 0.15) is 17.2 Å². The van der Waals surface area contributed by atoms with Crippen molar-refractivity contribution in [2.24, 2.45) is 0 Å². The Morgan fingerprint density at radius 1 is 0.885 bits per heavy atom. The molecule has 3 aromatic carbocycles. The van der Waals surface area contributed by atoms with Gasteiger partial charge in [-0.2, -0.15) is 4.72 Å². The fraction of sp³-hybridized carbons (Fsp3) is 0.100. The predicted molar refractivity (Wildman–Crippen MR) is 103 cm³/mol. The minimum atomic E-state index is -3.71. The third-order valence-electron chi connectivity index (χ3n) is 3.96. The van der Waals surface area contributed by atoms with Gasteiger partial charge in [0.2, 0.25) is 10.0 Å². The van der Waals surface area contributed by atoms with Crippen LogP contribution in [0, 0.1) is 0 Å². The molecule has 134 valence electrons. The zero-order valence-electron chi connectivity index (χ0n) is 14.1. The Morgan fingerprint density at radius 2 is 1.58 bits per heavy atom. The van der Waals surface area contributed by atoms with Gasteiger partial charge in [-0.1, -0.05) is 54.1 Å². The molecule has 3 aromatic rings. The van der Waals surface area contributed by atoms with Crippen LogP contribution in [0.15, 0.2) is 83.8 Å². The molecule has 0 fully saturated rings. The highest BCUT2D eigenvalue weighted by atomic mass is 35.5. The van der Waals surface area contributed by atoms with Gasteiger partial charge in [0.1, 0.15) is 5.75 Å². The molecule has 0 aliphatic carbocycles. The first-order valence-corrected chi connectivity index (χ1v) is 9.82. The molecule has 0 heterocycles. The predicted octanol–water partition coefficient (Wildman–Crippen LogP) is 4.42. The van der Waals surface area contributed by atoms with Crippen LogP contribution in [-0.2, 0) is 10.0 Å². The van der Waals surface area contributed by atoms with E-state index in [-0.39, 0.29) is 4.90 Å². The van der Waals surface area contributed by atoms with Crippen molar-refractivity contribution in [1.29, 1.82) is 0 Å². The highest BCUT2D eigenvalue weighted by Gasteiger charge is 2.23. The van der Waals surface area contributed by atoms with Crippen LogP contribution in [0.3, 0.4) is 0 Å². The molecule has 26 heavy (non-hydrogen) atoms. The van der Waals surface area contributed by atoms with Crippen molar-refractivity contribution in [3.63, 3.8) is 0 Å². The summed E-state index contributed by atoms with van der Waals surface area (Å²) >= 11 is 6.12. The summed E-state index contributed by atoms with van der Waals surface area (Å²) < 4.78 is 33.6. The Bertz CT molecular complexity index is 973. The largest absolute Gasteiger partial charge is 0.497 e. The van der Waals surface area contributed by atoms with Crippen LogP contribution in [0.4, 0.5) is 0 Å². The van der Waals surface area contributed by atoms with E-state index in [4.69, 9.17) is 16.3 Å². The van der Waals surface area contributed by atoms with Gasteiger partial charge in [-0.15, -0.1) is 0 Å². The summed E-state index contributed by atoms with van der Waals surface area (Å²) in [5.41, 5.74) is 1.54. The molecule has 4 nitrogen and oxygen atoms in total. The number of rotatable bonds is 6. The number of sulfonamides is 1. The quantitative estimate of drug-likeness (QED) is 0.681. The monoisotopic (exact) mass is 387 g/mol. The normalized spacial score (nSPS) is 12.5. The van der Waals surface area contributed by atoms with E-state index in [2.05, 4.69) is 4.72 Å². The average molecular weight is 388 g/mol. The van der Waals surface area contributed by atoms with Crippen molar-refractivity contribution in [2.75, 3.05) is 7.11 Å². The highest BCUT2D eigenvalue weighted by Crippen LogP contribution is 2.28. The van der Waals surface area contributed by atoms with Crippen molar-refractivity contribution in [3.8, 4) is 5.75 Å². The lowest BCUT2D eigenvalue weighted by atomic mass is 10.00. The Labute approximate surface area is 158 Å². The van der Waals surface area contributed by atoms with E-state index in [0.717, 1.165) is 11.1 Å². The fourth-order valence-corrected chi connectivity index (χ4v) is 4.07. The molecule has 1 unspecified atom stereocenters. The van der Waals surface area contributed by atoms with Crippen LogP contribution in [0.25, 0.3) is 0 Å². The van der Waals surface area contributed by atoms with Gasteiger partial charge in [-0.25, -0.2) is 8.42 Å². The second kappa shape index (κ2) is 7.91. The van der Waals surface area contributed by atoms with E-state index in [0.29, 0.717) is 10.8 Å². The molecule has 0 saturated carbocycles. The summed E-state index contributed by atoms with van der Waals surface area (Å²) in [6, 6.07) is 22.1. The molecule has 0 aliphatic rings. The van der Waals surface area contributed by atoms with E-state index < -0.39 is 16.1 Å². The van der Waals surface area contributed by atoms with Crippen molar-refractivity contribution in [2.45, 2.75) is 10.9 Å². The first-order valence-electron chi connectivity index (χ1n) is 7.96. The third-order valence-corrected chi connectivity index (χ3v) is 5.63. The maximum atomic E-state index is 12.8. The summed E-state index contributed by atoms with van der Waals surface area (Å²) in [4.78, 5) is 0.209. The molecular formula is C20H18ClNO3S. The van der Waals surface area contributed by atoms with Crippen LogP contribution in [0.5, 0.6) is 5.75 Å². The van der Waals surface area contributed by atoms with E-state index in [9.17, 15) is 8.42 Å². The molecule has 1 atom stereocenters. The second-order valence-corrected chi connectivity index (χ2v) is 7.85. The van der Waals surface area contributed by atoms with Crippen LogP contribution in [-0.4, -0.2) is 15.5 Å². The summed E-state index contributed by atoms with van der Waals surface area (Å²) in [6.45, 7) is 0. The number of hydrogen-bond donors (Lipinski definition) is 1. The van der Waals surface area contributed by atoms with Crippen molar-refractivity contribution < 1.29 is 13.2 Å². The zero-order valence-corrected chi connectivity index (χ0v) is 15.7. The first kappa shape index (κ1) is 18.5. The van der Waals surface area contributed by atoms with Gasteiger partial charge < -0.3 is 4.74 Å². The molecule has 0 saturated heterocycles. The fourth-order valence-electron chi connectivity index (χ4n) is 2.63. The van der Waals surface area contributed by atoms with Crippen molar-refractivity contribution in [1.82, 2.24) is 4.72 Å². The Balaban J connectivity index is 2.03. The number of halogens is 1. The van der Waals surface area contributed by atoms with Crippen molar-refractivity contribution >= 4 is 21.6 Å². The maximum absolute atomic E-state index is 12.8. The molecule has 0 spiro atoms. The van der Waals surface area contributed by atoms with E-state index >= 15 is 0 Å². The van der Waals surface area contributed by atoms with Gasteiger partial charge in [-0.05, 0) is 47.5 Å². The Hall–Kier alpha value is -2.34. The molecule has 0 amide bonds. The van der Waals surface area contributed by atoms with Crippen molar-refractivity contribution in [3.05, 3.63) is 95.0 Å². The molecule has 3 rings (SSSR count). The summed E-state index contributed by atoms with van der Waals surface area (Å²) in [6.07, 6.45) is 0. The molecular weight excluding hydrogens is 370 g/mol. The smallest absolute Gasteiger partial charge is 0.241 e. The minimum Gasteiger partial charge on any atom is -0.497 e. The van der Waals surface area contributed by atoms with Gasteiger partial charge >= 0.3 is 0 Å². The van der Waals surface area contributed by atoms with Crippen LogP contribution < -0.4 is 9.46 Å². The topological polar surface area (TPSA) is 55.4 Å². The minimum absolute atomic E-state index is 0.209. The summed E-state index contributed by atoms with van der Waals surface area (Å²) in [5, 5.41) is 0.542. The number of benzene rings is 3. The number of nitrogens with one attached hydrogen (secondary N) is 1. The standard InChI is InChI=1S/C20H18ClNO3S/c1-25-18-12-10-15(11-13-18)20(16-6-5-7-17(21)14-16)22-26(23,24)19-8-3-2-4-9-19/h2-14,20,22H,1H3.